The molecular weight excluding hydrogens is 378 g/mol. The largest absolute Gasteiger partial charge is 0.454 e. The molecule has 2 aliphatic rings. The number of ether oxygens (including phenoxy) is 2. The molecule has 8 heteroatoms. The monoisotopic (exact) mass is 395 g/mol. The average Bonchev–Trinajstić information content (AvgIpc) is 3.40. The van der Waals surface area contributed by atoms with Gasteiger partial charge in [-0.05, 0) is 35.7 Å². The van der Waals surface area contributed by atoms with Gasteiger partial charge in [-0.25, -0.2) is 0 Å². The number of carbonyl (C=O) groups excluding carboxylic acids is 1. The lowest BCUT2D eigenvalue weighted by atomic mass is 10.00. The number of amides is 1. The highest BCUT2D eigenvalue weighted by Crippen LogP contribution is 2.36. The van der Waals surface area contributed by atoms with Gasteiger partial charge in [-0.2, -0.15) is 0 Å². The van der Waals surface area contributed by atoms with Gasteiger partial charge in [-0.15, -0.1) is 10.2 Å². The van der Waals surface area contributed by atoms with E-state index in [1.807, 2.05) is 29.2 Å². The number of carbonyl (C=O) groups is 1. The van der Waals surface area contributed by atoms with Crippen LogP contribution in [0.3, 0.4) is 0 Å². The van der Waals surface area contributed by atoms with Crippen LogP contribution in [0.4, 0.5) is 0 Å². The van der Waals surface area contributed by atoms with Crippen molar-refractivity contribution in [3.63, 3.8) is 0 Å². The van der Waals surface area contributed by atoms with Crippen molar-refractivity contribution >= 4 is 17.7 Å². The molecule has 2 aromatic carbocycles. The summed E-state index contributed by atoms with van der Waals surface area (Å²) in [6.45, 7) is 1.61. The van der Waals surface area contributed by atoms with Gasteiger partial charge in [0.25, 0.3) is 5.22 Å². The molecule has 28 heavy (non-hydrogen) atoms. The van der Waals surface area contributed by atoms with Crippen LogP contribution in [0.1, 0.15) is 11.1 Å². The van der Waals surface area contributed by atoms with E-state index >= 15 is 0 Å². The molecule has 0 aliphatic carbocycles. The third kappa shape index (κ3) is 3.31. The van der Waals surface area contributed by atoms with Crippen LogP contribution in [-0.4, -0.2) is 40.1 Å². The maximum atomic E-state index is 12.6. The Kier molecular flexibility index (Phi) is 4.40. The fourth-order valence-corrected chi connectivity index (χ4v) is 4.00. The number of hydrogen-bond donors (Lipinski definition) is 0. The first-order valence-corrected chi connectivity index (χ1v) is 9.96. The Morgan fingerprint density at radius 2 is 1.93 bits per heavy atom. The molecule has 0 spiro atoms. The second-order valence-corrected chi connectivity index (χ2v) is 7.49. The zero-order chi connectivity index (χ0) is 18.9. The van der Waals surface area contributed by atoms with Crippen molar-refractivity contribution in [1.29, 1.82) is 0 Å². The summed E-state index contributed by atoms with van der Waals surface area (Å²) in [6.07, 6.45) is 0.890. The SMILES string of the molecule is O=C(CSc1nnc(-c2ccc3c(c2)OCO3)o1)N1CCc2ccccc2C1. The average molecular weight is 395 g/mol. The van der Waals surface area contributed by atoms with E-state index in [4.69, 9.17) is 13.9 Å². The van der Waals surface area contributed by atoms with Gasteiger partial charge in [-0.1, -0.05) is 36.0 Å². The number of benzene rings is 2. The highest BCUT2D eigenvalue weighted by molar-refractivity contribution is 7.99. The Balaban J connectivity index is 1.21. The predicted octanol–water partition coefficient (Wildman–Crippen LogP) is 3.14. The molecule has 1 amide bonds. The van der Waals surface area contributed by atoms with Gasteiger partial charge >= 0.3 is 0 Å². The number of nitrogens with zero attached hydrogens (tertiary/aromatic N) is 3. The van der Waals surface area contributed by atoms with Gasteiger partial charge in [0, 0.05) is 18.7 Å². The molecule has 0 saturated heterocycles. The minimum Gasteiger partial charge on any atom is -0.454 e. The fourth-order valence-electron chi connectivity index (χ4n) is 3.34. The molecule has 0 fully saturated rings. The van der Waals surface area contributed by atoms with Crippen molar-refractivity contribution in [1.82, 2.24) is 15.1 Å². The topological polar surface area (TPSA) is 77.7 Å². The molecule has 0 radical (unpaired) electrons. The number of hydrogen-bond acceptors (Lipinski definition) is 7. The van der Waals surface area contributed by atoms with E-state index in [9.17, 15) is 4.79 Å². The first-order valence-electron chi connectivity index (χ1n) is 8.97. The van der Waals surface area contributed by atoms with Gasteiger partial charge in [0.2, 0.25) is 18.6 Å². The van der Waals surface area contributed by atoms with Crippen molar-refractivity contribution in [2.75, 3.05) is 19.1 Å². The summed E-state index contributed by atoms with van der Waals surface area (Å²) in [5.41, 5.74) is 3.29. The van der Waals surface area contributed by atoms with E-state index in [1.54, 1.807) is 6.07 Å². The molecule has 0 bridgehead atoms. The minimum absolute atomic E-state index is 0.0716. The Morgan fingerprint density at radius 3 is 2.86 bits per heavy atom. The van der Waals surface area contributed by atoms with Crippen molar-refractivity contribution in [3.05, 3.63) is 53.6 Å². The zero-order valence-electron chi connectivity index (χ0n) is 15.0. The lowest BCUT2D eigenvalue weighted by Crippen LogP contribution is -2.37. The van der Waals surface area contributed by atoms with Gasteiger partial charge in [0.15, 0.2) is 11.5 Å². The lowest BCUT2D eigenvalue weighted by Gasteiger charge is -2.28. The third-order valence-corrected chi connectivity index (χ3v) is 5.63. The van der Waals surface area contributed by atoms with E-state index in [1.165, 1.54) is 22.9 Å². The summed E-state index contributed by atoms with van der Waals surface area (Å²) in [4.78, 5) is 14.5. The number of rotatable bonds is 4. The van der Waals surface area contributed by atoms with Crippen molar-refractivity contribution in [2.24, 2.45) is 0 Å². The van der Waals surface area contributed by atoms with Gasteiger partial charge in [-0.3, -0.25) is 4.79 Å². The van der Waals surface area contributed by atoms with Crippen LogP contribution in [0, 0.1) is 0 Å². The van der Waals surface area contributed by atoms with Crippen molar-refractivity contribution in [3.8, 4) is 23.0 Å². The van der Waals surface area contributed by atoms with Crippen molar-refractivity contribution in [2.45, 2.75) is 18.2 Å². The Morgan fingerprint density at radius 1 is 1.07 bits per heavy atom. The van der Waals surface area contributed by atoms with Crippen LogP contribution in [-0.2, 0) is 17.8 Å². The van der Waals surface area contributed by atoms with Crippen LogP contribution in [0.2, 0.25) is 0 Å². The van der Waals surface area contributed by atoms with Crippen molar-refractivity contribution < 1.29 is 18.7 Å². The summed E-state index contributed by atoms with van der Waals surface area (Å²) in [5, 5.41) is 8.49. The highest BCUT2D eigenvalue weighted by Gasteiger charge is 2.22. The number of aromatic nitrogens is 2. The normalized spacial score (nSPS) is 14.8. The first kappa shape index (κ1) is 17.1. The molecule has 3 aromatic rings. The standard InChI is InChI=1S/C20H17N3O4S/c24-18(23-8-7-13-3-1-2-4-15(13)10-23)11-28-20-22-21-19(27-20)14-5-6-16-17(9-14)26-12-25-16/h1-6,9H,7-8,10-12H2. The zero-order valence-corrected chi connectivity index (χ0v) is 15.8. The molecule has 2 aliphatic heterocycles. The van der Waals surface area contributed by atoms with Crippen LogP contribution >= 0.6 is 11.8 Å². The van der Waals surface area contributed by atoms with Crippen LogP contribution in [0.15, 0.2) is 52.1 Å². The van der Waals surface area contributed by atoms with Gasteiger partial charge in [0.1, 0.15) is 0 Å². The maximum Gasteiger partial charge on any atom is 0.277 e. The summed E-state index contributed by atoms with van der Waals surface area (Å²) in [5.74, 6) is 2.09. The van der Waals surface area contributed by atoms with Gasteiger partial charge < -0.3 is 18.8 Å². The first-order chi connectivity index (χ1) is 13.8. The quantitative estimate of drug-likeness (QED) is 0.628. The molecule has 142 valence electrons. The van der Waals surface area contributed by atoms with Crippen LogP contribution < -0.4 is 9.47 Å². The van der Waals surface area contributed by atoms with Crippen LogP contribution in [0.25, 0.3) is 11.5 Å². The molecule has 3 heterocycles. The summed E-state index contributed by atoms with van der Waals surface area (Å²) in [7, 11) is 0. The molecule has 0 unspecified atom stereocenters. The Labute approximate surface area is 165 Å². The Bertz CT molecular complexity index is 1040. The second kappa shape index (κ2) is 7.20. The molecule has 0 N–H and O–H groups in total. The second-order valence-electron chi connectivity index (χ2n) is 6.56. The fraction of sp³-hybridized carbons (Fsp3) is 0.250. The molecule has 7 nitrogen and oxygen atoms in total. The maximum absolute atomic E-state index is 12.6. The van der Waals surface area contributed by atoms with E-state index < -0.39 is 0 Å². The number of fused-ring (bicyclic) bond motifs is 2. The Hall–Kier alpha value is -3.00. The summed E-state index contributed by atoms with van der Waals surface area (Å²) < 4.78 is 16.4. The molecule has 0 saturated carbocycles. The summed E-state index contributed by atoms with van der Waals surface area (Å²) >= 11 is 1.26. The molecule has 5 rings (SSSR count). The number of thioether (sulfide) groups is 1. The minimum atomic E-state index is 0.0716. The third-order valence-electron chi connectivity index (χ3n) is 4.83. The molecule has 0 atom stereocenters. The van der Waals surface area contributed by atoms with E-state index in [0.717, 1.165) is 18.5 Å². The van der Waals surface area contributed by atoms with E-state index in [2.05, 4.69) is 22.3 Å². The molecular formula is C20H17N3O4S. The van der Waals surface area contributed by atoms with Gasteiger partial charge in [0.05, 0.1) is 5.75 Å². The highest BCUT2D eigenvalue weighted by atomic mass is 32.2. The van der Waals surface area contributed by atoms with E-state index in [0.29, 0.717) is 29.2 Å². The predicted molar refractivity (Wildman–Crippen MR) is 102 cm³/mol. The molecule has 1 aromatic heterocycles. The smallest absolute Gasteiger partial charge is 0.277 e. The van der Waals surface area contributed by atoms with Crippen LogP contribution in [0.5, 0.6) is 11.5 Å². The summed E-state index contributed by atoms with van der Waals surface area (Å²) in [6, 6.07) is 13.7. The lowest BCUT2D eigenvalue weighted by molar-refractivity contribution is -0.129. The van der Waals surface area contributed by atoms with E-state index in [-0.39, 0.29) is 18.5 Å².